The minimum absolute atomic E-state index is 0.0378. The Kier molecular flexibility index (Phi) is 6.25. The summed E-state index contributed by atoms with van der Waals surface area (Å²) in [6.07, 6.45) is 0. The van der Waals surface area contributed by atoms with Crippen LogP contribution in [0, 0.1) is 19.7 Å². The highest BCUT2D eigenvalue weighted by molar-refractivity contribution is 6.04. The third-order valence-corrected chi connectivity index (χ3v) is 4.48. The summed E-state index contributed by atoms with van der Waals surface area (Å²) in [5.41, 5.74) is 3.70. The van der Waals surface area contributed by atoms with Gasteiger partial charge in [-0.15, -0.1) is 0 Å². The van der Waals surface area contributed by atoms with Crippen LogP contribution in [0.2, 0.25) is 0 Å². The Morgan fingerprint density at radius 1 is 1.03 bits per heavy atom. The second-order valence-corrected chi connectivity index (χ2v) is 7.35. The van der Waals surface area contributed by atoms with Crippen molar-refractivity contribution in [3.63, 3.8) is 0 Å². The van der Waals surface area contributed by atoms with E-state index in [0.717, 1.165) is 5.56 Å². The quantitative estimate of drug-likeness (QED) is 0.596. The van der Waals surface area contributed by atoms with Crippen LogP contribution in [0.4, 0.5) is 14.9 Å². The summed E-state index contributed by atoms with van der Waals surface area (Å²) in [5, 5.41) is 8.26. The van der Waals surface area contributed by atoms with E-state index in [9.17, 15) is 14.0 Å². The standard InChI is InChI=1S/C22H24FN5O2/c1-12(2)25-22(30)28-17-7-5-15(6-8-17)11-24-21(29)18-9-16(23)10-19-20(18)27-14(4)13(3)26-19/h5-10,12H,11H2,1-4H3,(H,24,29)(H2,25,28,30). The number of benzene rings is 2. The van der Waals surface area contributed by atoms with E-state index in [1.807, 2.05) is 13.8 Å². The topological polar surface area (TPSA) is 96.0 Å². The minimum Gasteiger partial charge on any atom is -0.348 e. The number of carbonyl (C=O) groups excluding carboxylic acids is 2. The molecule has 0 spiro atoms. The monoisotopic (exact) mass is 409 g/mol. The molecule has 1 aromatic heterocycles. The van der Waals surface area contributed by atoms with E-state index in [0.29, 0.717) is 28.1 Å². The number of nitrogens with one attached hydrogen (secondary N) is 3. The highest BCUT2D eigenvalue weighted by Crippen LogP contribution is 2.19. The molecule has 0 unspecified atom stereocenters. The predicted molar refractivity (Wildman–Crippen MR) is 114 cm³/mol. The summed E-state index contributed by atoms with van der Waals surface area (Å²) < 4.78 is 14.0. The smallest absolute Gasteiger partial charge is 0.319 e. The van der Waals surface area contributed by atoms with Gasteiger partial charge in [-0.25, -0.2) is 19.2 Å². The van der Waals surface area contributed by atoms with Gasteiger partial charge in [-0.3, -0.25) is 4.79 Å². The molecule has 0 fully saturated rings. The fourth-order valence-electron chi connectivity index (χ4n) is 2.88. The molecular formula is C22H24FN5O2. The molecule has 3 amide bonds. The van der Waals surface area contributed by atoms with Gasteiger partial charge in [-0.1, -0.05) is 12.1 Å². The molecule has 30 heavy (non-hydrogen) atoms. The van der Waals surface area contributed by atoms with E-state index in [1.54, 1.807) is 38.1 Å². The second kappa shape index (κ2) is 8.86. The molecule has 0 aliphatic rings. The fraction of sp³-hybridized carbons (Fsp3) is 0.273. The van der Waals surface area contributed by atoms with Crippen LogP contribution >= 0.6 is 0 Å². The molecular weight excluding hydrogens is 385 g/mol. The largest absolute Gasteiger partial charge is 0.348 e. The maximum Gasteiger partial charge on any atom is 0.319 e. The number of hydrogen-bond donors (Lipinski definition) is 3. The molecule has 0 saturated heterocycles. The van der Waals surface area contributed by atoms with Crippen LogP contribution < -0.4 is 16.0 Å². The van der Waals surface area contributed by atoms with Gasteiger partial charge < -0.3 is 16.0 Å². The van der Waals surface area contributed by atoms with Crippen LogP contribution in [0.5, 0.6) is 0 Å². The van der Waals surface area contributed by atoms with Gasteiger partial charge >= 0.3 is 6.03 Å². The lowest BCUT2D eigenvalue weighted by atomic mass is 10.1. The van der Waals surface area contributed by atoms with Crippen molar-refractivity contribution >= 4 is 28.7 Å². The first-order valence-corrected chi connectivity index (χ1v) is 9.62. The molecule has 3 aromatic rings. The molecule has 7 nitrogen and oxygen atoms in total. The predicted octanol–water partition coefficient (Wildman–Crippen LogP) is 3.85. The number of fused-ring (bicyclic) bond motifs is 1. The first-order chi connectivity index (χ1) is 14.2. The average molecular weight is 409 g/mol. The van der Waals surface area contributed by atoms with Crippen LogP contribution in [0.15, 0.2) is 36.4 Å². The van der Waals surface area contributed by atoms with Crippen molar-refractivity contribution in [2.24, 2.45) is 0 Å². The van der Waals surface area contributed by atoms with E-state index < -0.39 is 11.7 Å². The van der Waals surface area contributed by atoms with Crippen LogP contribution in [-0.4, -0.2) is 27.9 Å². The van der Waals surface area contributed by atoms with Gasteiger partial charge in [0, 0.05) is 24.3 Å². The van der Waals surface area contributed by atoms with Crippen LogP contribution in [0.25, 0.3) is 11.0 Å². The summed E-state index contributed by atoms with van der Waals surface area (Å²) in [6, 6.07) is 9.28. The summed E-state index contributed by atoms with van der Waals surface area (Å²) in [5.74, 6) is -0.976. The third-order valence-electron chi connectivity index (χ3n) is 4.48. The van der Waals surface area contributed by atoms with Crippen molar-refractivity contribution in [1.29, 1.82) is 0 Å². The maximum absolute atomic E-state index is 14.0. The highest BCUT2D eigenvalue weighted by Gasteiger charge is 2.15. The Hall–Kier alpha value is -3.55. The van der Waals surface area contributed by atoms with E-state index in [-0.39, 0.29) is 24.2 Å². The van der Waals surface area contributed by atoms with E-state index in [2.05, 4.69) is 25.9 Å². The number of aromatic nitrogens is 2. The zero-order chi connectivity index (χ0) is 21.8. The zero-order valence-electron chi connectivity index (χ0n) is 17.3. The van der Waals surface area contributed by atoms with Gasteiger partial charge in [0.2, 0.25) is 0 Å². The van der Waals surface area contributed by atoms with Crippen molar-refractivity contribution in [1.82, 2.24) is 20.6 Å². The zero-order valence-corrected chi connectivity index (χ0v) is 17.3. The summed E-state index contributed by atoms with van der Waals surface area (Å²) in [4.78, 5) is 33.2. The van der Waals surface area contributed by atoms with Gasteiger partial charge in [-0.05, 0) is 51.5 Å². The van der Waals surface area contributed by atoms with Crippen LogP contribution in [-0.2, 0) is 6.54 Å². The maximum atomic E-state index is 14.0. The molecule has 0 aliphatic heterocycles. The van der Waals surface area contributed by atoms with E-state index >= 15 is 0 Å². The van der Waals surface area contributed by atoms with Gasteiger partial charge in [-0.2, -0.15) is 0 Å². The molecule has 0 radical (unpaired) electrons. The Labute approximate surface area is 174 Å². The number of nitrogens with zero attached hydrogens (tertiary/aromatic N) is 2. The first-order valence-electron chi connectivity index (χ1n) is 9.62. The lowest BCUT2D eigenvalue weighted by molar-refractivity contribution is 0.0952. The summed E-state index contributed by atoms with van der Waals surface area (Å²) in [6.45, 7) is 7.58. The normalized spacial score (nSPS) is 10.9. The number of halogens is 1. The Morgan fingerprint density at radius 3 is 2.37 bits per heavy atom. The van der Waals surface area contributed by atoms with Crippen LogP contribution in [0.1, 0.15) is 41.2 Å². The van der Waals surface area contributed by atoms with Crippen molar-refractivity contribution in [3.05, 3.63) is 64.7 Å². The number of hydrogen-bond acceptors (Lipinski definition) is 4. The third kappa shape index (κ3) is 5.08. The molecule has 1 heterocycles. The molecule has 0 atom stereocenters. The lowest BCUT2D eigenvalue weighted by Crippen LogP contribution is -2.34. The van der Waals surface area contributed by atoms with Crippen molar-refractivity contribution in [2.45, 2.75) is 40.3 Å². The molecule has 8 heteroatoms. The lowest BCUT2D eigenvalue weighted by Gasteiger charge is -2.11. The molecule has 0 aliphatic carbocycles. The number of urea groups is 1. The van der Waals surface area contributed by atoms with Gasteiger partial charge in [0.15, 0.2) is 0 Å². The first kappa shape index (κ1) is 21.2. The number of carbonyl (C=O) groups is 2. The van der Waals surface area contributed by atoms with Crippen molar-refractivity contribution in [3.8, 4) is 0 Å². The SMILES string of the molecule is Cc1nc2cc(F)cc(C(=O)NCc3ccc(NC(=O)NC(C)C)cc3)c2nc1C. The van der Waals surface area contributed by atoms with Crippen LogP contribution in [0.3, 0.4) is 0 Å². The van der Waals surface area contributed by atoms with Gasteiger partial charge in [0.05, 0.1) is 22.5 Å². The number of anilines is 1. The second-order valence-electron chi connectivity index (χ2n) is 7.35. The molecule has 3 N–H and O–H groups in total. The van der Waals surface area contributed by atoms with E-state index in [4.69, 9.17) is 0 Å². The summed E-state index contributed by atoms with van der Waals surface area (Å²) >= 11 is 0. The van der Waals surface area contributed by atoms with Gasteiger partial charge in [0.25, 0.3) is 5.91 Å². The fourth-order valence-corrected chi connectivity index (χ4v) is 2.88. The summed E-state index contributed by atoms with van der Waals surface area (Å²) in [7, 11) is 0. The minimum atomic E-state index is -0.541. The Morgan fingerprint density at radius 2 is 1.70 bits per heavy atom. The number of aryl methyl sites for hydroxylation is 2. The Bertz CT molecular complexity index is 1100. The number of rotatable bonds is 5. The molecule has 156 valence electrons. The molecule has 3 rings (SSSR count). The molecule has 0 saturated carbocycles. The van der Waals surface area contributed by atoms with E-state index in [1.165, 1.54) is 12.1 Å². The van der Waals surface area contributed by atoms with Gasteiger partial charge in [0.1, 0.15) is 11.3 Å². The molecule has 0 bridgehead atoms. The number of amides is 3. The Balaban J connectivity index is 1.70. The van der Waals surface area contributed by atoms with Crippen molar-refractivity contribution in [2.75, 3.05) is 5.32 Å². The molecule has 2 aromatic carbocycles. The van der Waals surface area contributed by atoms with Crippen molar-refractivity contribution < 1.29 is 14.0 Å². The highest BCUT2D eigenvalue weighted by atomic mass is 19.1. The average Bonchev–Trinajstić information content (AvgIpc) is 2.67.